The molecule has 0 spiro atoms. The zero-order valence-electron chi connectivity index (χ0n) is 11.7. The first-order valence-electron chi connectivity index (χ1n) is 6.93. The number of rotatable bonds is 5. The summed E-state index contributed by atoms with van der Waals surface area (Å²) in [5.41, 5.74) is -0.868. The maximum Gasteiger partial charge on any atom is 0.338 e. The van der Waals surface area contributed by atoms with Crippen LogP contribution in [0, 0.1) is 15.9 Å². The lowest BCUT2D eigenvalue weighted by atomic mass is 10.1. The van der Waals surface area contributed by atoms with Crippen LogP contribution >= 0.6 is 0 Å². The standard InChI is InChI=1S/C14H17FN2O4/c1-2-16(9-5-3-4-6-9)12-8-11(15)10(14(18)19)7-13(12)17(20)21/h7-9H,2-6H2,1H3,(H,18,19). The topological polar surface area (TPSA) is 83.7 Å². The molecule has 0 heterocycles. The van der Waals surface area contributed by atoms with Crippen molar-refractivity contribution in [3.8, 4) is 0 Å². The summed E-state index contributed by atoms with van der Waals surface area (Å²) >= 11 is 0. The minimum Gasteiger partial charge on any atom is -0.478 e. The summed E-state index contributed by atoms with van der Waals surface area (Å²) in [6.45, 7) is 2.36. The molecule has 0 amide bonds. The van der Waals surface area contributed by atoms with Gasteiger partial charge in [-0.1, -0.05) is 12.8 Å². The number of aromatic carboxylic acids is 1. The number of nitrogens with zero attached hydrogens (tertiary/aromatic N) is 2. The fraction of sp³-hybridized carbons (Fsp3) is 0.500. The highest BCUT2D eigenvalue weighted by atomic mass is 19.1. The average Bonchev–Trinajstić information content (AvgIpc) is 2.92. The Morgan fingerprint density at radius 2 is 2.10 bits per heavy atom. The van der Waals surface area contributed by atoms with Crippen molar-refractivity contribution in [3.63, 3.8) is 0 Å². The zero-order chi connectivity index (χ0) is 15.6. The molecule has 114 valence electrons. The number of anilines is 1. The number of carbonyl (C=O) groups is 1. The molecule has 2 rings (SSSR count). The Morgan fingerprint density at radius 3 is 2.57 bits per heavy atom. The minimum atomic E-state index is -1.51. The van der Waals surface area contributed by atoms with E-state index in [2.05, 4.69) is 0 Å². The number of halogens is 1. The second-order valence-corrected chi connectivity index (χ2v) is 5.11. The lowest BCUT2D eigenvalue weighted by Gasteiger charge is -2.29. The van der Waals surface area contributed by atoms with Crippen molar-refractivity contribution in [2.75, 3.05) is 11.4 Å². The molecule has 0 aromatic heterocycles. The van der Waals surface area contributed by atoms with Crippen LogP contribution in [0.5, 0.6) is 0 Å². The predicted octanol–water partition coefficient (Wildman–Crippen LogP) is 3.20. The van der Waals surface area contributed by atoms with Gasteiger partial charge in [0.15, 0.2) is 0 Å². The molecule has 0 unspecified atom stereocenters. The van der Waals surface area contributed by atoms with E-state index in [-0.39, 0.29) is 17.4 Å². The van der Waals surface area contributed by atoms with Crippen molar-refractivity contribution in [1.82, 2.24) is 0 Å². The Balaban J connectivity index is 2.52. The second-order valence-electron chi connectivity index (χ2n) is 5.11. The third-order valence-corrected chi connectivity index (χ3v) is 3.91. The van der Waals surface area contributed by atoms with E-state index in [1.807, 2.05) is 6.92 Å². The van der Waals surface area contributed by atoms with Crippen molar-refractivity contribution in [2.24, 2.45) is 0 Å². The van der Waals surface area contributed by atoms with Gasteiger partial charge in [0.25, 0.3) is 5.69 Å². The van der Waals surface area contributed by atoms with Gasteiger partial charge < -0.3 is 10.0 Å². The number of nitro groups is 1. The van der Waals surface area contributed by atoms with Crippen LogP contribution in [-0.4, -0.2) is 28.6 Å². The summed E-state index contributed by atoms with van der Waals surface area (Å²) < 4.78 is 13.9. The average molecular weight is 296 g/mol. The number of carboxylic acids is 1. The van der Waals surface area contributed by atoms with Gasteiger partial charge in [-0.15, -0.1) is 0 Å². The fourth-order valence-corrected chi connectivity index (χ4v) is 2.93. The van der Waals surface area contributed by atoms with Crippen molar-refractivity contribution < 1.29 is 19.2 Å². The van der Waals surface area contributed by atoms with Crippen LogP contribution in [0.25, 0.3) is 0 Å². The second kappa shape index (κ2) is 6.07. The maximum absolute atomic E-state index is 13.9. The fourth-order valence-electron chi connectivity index (χ4n) is 2.93. The molecule has 1 aliphatic carbocycles. The quantitative estimate of drug-likeness (QED) is 0.666. The van der Waals surface area contributed by atoms with Gasteiger partial charge in [0.05, 0.1) is 4.92 Å². The van der Waals surface area contributed by atoms with E-state index in [4.69, 9.17) is 5.11 Å². The Kier molecular flexibility index (Phi) is 4.40. The third-order valence-electron chi connectivity index (χ3n) is 3.91. The molecular formula is C14H17FN2O4. The molecule has 21 heavy (non-hydrogen) atoms. The highest BCUT2D eigenvalue weighted by Gasteiger charge is 2.29. The first-order valence-corrected chi connectivity index (χ1v) is 6.93. The molecule has 0 aliphatic heterocycles. The van der Waals surface area contributed by atoms with E-state index in [1.54, 1.807) is 4.90 Å². The smallest absolute Gasteiger partial charge is 0.338 e. The molecule has 1 aliphatic rings. The Bertz CT molecular complexity index is 570. The normalized spacial score (nSPS) is 15.1. The number of nitro benzene ring substituents is 1. The third kappa shape index (κ3) is 2.96. The van der Waals surface area contributed by atoms with E-state index in [9.17, 15) is 19.3 Å². The molecule has 0 bridgehead atoms. The van der Waals surface area contributed by atoms with Crippen molar-refractivity contribution in [3.05, 3.63) is 33.6 Å². The maximum atomic E-state index is 13.9. The Labute approximate surface area is 121 Å². The molecule has 0 saturated heterocycles. The summed E-state index contributed by atoms with van der Waals surface area (Å²) in [6, 6.07) is 1.93. The highest BCUT2D eigenvalue weighted by molar-refractivity contribution is 5.90. The molecule has 0 atom stereocenters. The summed E-state index contributed by atoms with van der Waals surface area (Å²) in [5, 5.41) is 20.1. The first kappa shape index (κ1) is 15.2. The molecular weight excluding hydrogens is 279 g/mol. The highest BCUT2D eigenvalue weighted by Crippen LogP contribution is 2.35. The molecule has 7 heteroatoms. The van der Waals surface area contributed by atoms with E-state index in [0.29, 0.717) is 6.54 Å². The van der Waals surface area contributed by atoms with Crippen molar-refractivity contribution >= 4 is 17.3 Å². The number of hydrogen-bond acceptors (Lipinski definition) is 4. The summed E-state index contributed by atoms with van der Waals surface area (Å²) in [4.78, 5) is 23.3. The molecule has 1 saturated carbocycles. The van der Waals surface area contributed by atoms with Crippen LogP contribution in [0.3, 0.4) is 0 Å². The minimum absolute atomic E-state index is 0.142. The van der Waals surface area contributed by atoms with E-state index in [0.717, 1.165) is 37.8 Å². The number of hydrogen-bond donors (Lipinski definition) is 1. The monoisotopic (exact) mass is 296 g/mol. The molecule has 1 aromatic carbocycles. The van der Waals surface area contributed by atoms with Crippen molar-refractivity contribution in [1.29, 1.82) is 0 Å². The van der Waals surface area contributed by atoms with Crippen LogP contribution in [0.4, 0.5) is 15.8 Å². The van der Waals surface area contributed by atoms with Gasteiger partial charge >= 0.3 is 5.97 Å². The largest absolute Gasteiger partial charge is 0.478 e. The lowest BCUT2D eigenvalue weighted by Crippen LogP contribution is -2.33. The van der Waals surface area contributed by atoms with Gasteiger partial charge in [-0.25, -0.2) is 9.18 Å². The molecule has 6 nitrogen and oxygen atoms in total. The SMILES string of the molecule is CCN(c1cc(F)c(C(=O)O)cc1[N+](=O)[O-])C1CCCC1. The van der Waals surface area contributed by atoms with E-state index < -0.39 is 22.3 Å². The zero-order valence-corrected chi connectivity index (χ0v) is 11.7. The van der Waals surface area contributed by atoms with Gasteiger partial charge in [-0.3, -0.25) is 10.1 Å². The van der Waals surface area contributed by atoms with Gasteiger partial charge in [0, 0.05) is 24.7 Å². The molecule has 1 fully saturated rings. The van der Waals surface area contributed by atoms with Crippen LogP contribution in [0.15, 0.2) is 12.1 Å². The summed E-state index contributed by atoms with van der Waals surface area (Å²) in [5.74, 6) is -2.45. The molecule has 1 N–H and O–H groups in total. The van der Waals surface area contributed by atoms with Crippen LogP contribution in [-0.2, 0) is 0 Å². The number of benzene rings is 1. The summed E-state index contributed by atoms with van der Waals surface area (Å²) in [6.07, 6.45) is 3.91. The van der Waals surface area contributed by atoms with Gasteiger partial charge in [0.1, 0.15) is 17.1 Å². The number of carboxylic acid groups (broad SMARTS) is 1. The van der Waals surface area contributed by atoms with E-state index in [1.165, 1.54) is 0 Å². The van der Waals surface area contributed by atoms with Gasteiger partial charge in [-0.05, 0) is 19.8 Å². The molecule has 1 aromatic rings. The Morgan fingerprint density at radius 1 is 1.48 bits per heavy atom. The predicted molar refractivity (Wildman–Crippen MR) is 75.3 cm³/mol. The lowest BCUT2D eigenvalue weighted by molar-refractivity contribution is -0.384. The van der Waals surface area contributed by atoms with Crippen LogP contribution in [0.1, 0.15) is 43.0 Å². The van der Waals surface area contributed by atoms with Crippen LogP contribution < -0.4 is 4.90 Å². The van der Waals surface area contributed by atoms with Gasteiger partial charge in [-0.2, -0.15) is 0 Å². The van der Waals surface area contributed by atoms with Crippen LogP contribution in [0.2, 0.25) is 0 Å². The Hall–Kier alpha value is -2.18. The first-order chi connectivity index (χ1) is 9.95. The van der Waals surface area contributed by atoms with Crippen molar-refractivity contribution in [2.45, 2.75) is 38.6 Å². The van der Waals surface area contributed by atoms with E-state index >= 15 is 0 Å². The summed E-state index contributed by atoms with van der Waals surface area (Å²) in [7, 11) is 0. The van der Waals surface area contributed by atoms with Gasteiger partial charge in [0.2, 0.25) is 0 Å². The molecule has 0 radical (unpaired) electrons.